The van der Waals surface area contributed by atoms with Crippen molar-refractivity contribution in [2.75, 3.05) is 13.1 Å². The summed E-state index contributed by atoms with van der Waals surface area (Å²) in [5.74, 6) is 0.0683. The molecule has 0 aliphatic heterocycles. The van der Waals surface area contributed by atoms with Crippen molar-refractivity contribution in [3.05, 3.63) is 0 Å². The summed E-state index contributed by atoms with van der Waals surface area (Å²) in [6.07, 6.45) is 1.51. The lowest BCUT2D eigenvalue weighted by atomic mass is 10.1. The molecule has 0 bridgehead atoms. The Balaban J connectivity index is 3.83. The van der Waals surface area contributed by atoms with Gasteiger partial charge in [-0.05, 0) is 20.3 Å². The average molecular weight is 201 g/mol. The van der Waals surface area contributed by atoms with Crippen LogP contribution in [0.25, 0.3) is 0 Å². The first kappa shape index (κ1) is 13.4. The van der Waals surface area contributed by atoms with E-state index in [1.54, 1.807) is 0 Å². The molecule has 0 fully saturated rings. The highest BCUT2D eigenvalue weighted by Crippen LogP contribution is 1.95. The van der Waals surface area contributed by atoms with Gasteiger partial charge in [0.25, 0.3) is 0 Å². The summed E-state index contributed by atoms with van der Waals surface area (Å²) in [5.41, 5.74) is 5.58. The number of hydrogen-bond donors (Lipinski definition) is 3. The summed E-state index contributed by atoms with van der Waals surface area (Å²) < 4.78 is 0. The zero-order valence-corrected chi connectivity index (χ0v) is 9.47. The Morgan fingerprint density at radius 3 is 2.50 bits per heavy atom. The number of carbonyl (C=O) groups is 1. The van der Waals surface area contributed by atoms with Gasteiger partial charge in [-0.2, -0.15) is 0 Å². The van der Waals surface area contributed by atoms with Gasteiger partial charge in [0.1, 0.15) is 0 Å². The molecule has 0 radical (unpaired) electrons. The number of carbonyl (C=O) groups excluding carboxylic acids is 1. The monoisotopic (exact) mass is 201 g/mol. The smallest absolute Gasteiger partial charge is 0.221 e. The van der Waals surface area contributed by atoms with Gasteiger partial charge in [-0.3, -0.25) is 4.79 Å². The van der Waals surface area contributed by atoms with E-state index < -0.39 is 0 Å². The molecule has 2 atom stereocenters. The molecule has 0 rings (SSSR count). The number of rotatable bonds is 7. The Kier molecular flexibility index (Phi) is 7.42. The standard InChI is InChI=1S/C10H23N3O/c1-4-8(3)13-9(7-11)6-10(14)12-5-2/h8-9,13H,4-7,11H2,1-3H3,(H,12,14). The van der Waals surface area contributed by atoms with Crippen LogP contribution in [0.2, 0.25) is 0 Å². The average Bonchev–Trinajstić information content (AvgIpc) is 2.16. The minimum Gasteiger partial charge on any atom is -0.356 e. The number of nitrogens with one attached hydrogen (secondary N) is 2. The van der Waals surface area contributed by atoms with E-state index in [0.29, 0.717) is 25.6 Å². The zero-order valence-electron chi connectivity index (χ0n) is 9.47. The summed E-state index contributed by atoms with van der Waals surface area (Å²) >= 11 is 0. The van der Waals surface area contributed by atoms with Crippen LogP contribution < -0.4 is 16.4 Å². The molecule has 0 saturated carbocycles. The highest BCUT2D eigenvalue weighted by molar-refractivity contribution is 5.76. The molecule has 0 aromatic carbocycles. The van der Waals surface area contributed by atoms with Crippen LogP contribution in [0.15, 0.2) is 0 Å². The Hall–Kier alpha value is -0.610. The van der Waals surface area contributed by atoms with Crippen molar-refractivity contribution in [2.24, 2.45) is 5.73 Å². The van der Waals surface area contributed by atoms with Gasteiger partial charge in [0.15, 0.2) is 0 Å². The van der Waals surface area contributed by atoms with E-state index in [1.165, 1.54) is 0 Å². The minimum atomic E-state index is 0.0683. The topological polar surface area (TPSA) is 67.2 Å². The molecule has 4 nitrogen and oxygen atoms in total. The molecular formula is C10H23N3O. The van der Waals surface area contributed by atoms with E-state index in [0.717, 1.165) is 6.42 Å². The van der Waals surface area contributed by atoms with Gasteiger partial charge in [-0.1, -0.05) is 6.92 Å². The van der Waals surface area contributed by atoms with Crippen molar-refractivity contribution < 1.29 is 4.79 Å². The molecular weight excluding hydrogens is 178 g/mol. The van der Waals surface area contributed by atoms with E-state index in [2.05, 4.69) is 24.5 Å². The molecule has 4 heteroatoms. The van der Waals surface area contributed by atoms with Crippen molar-refractivity contribution in [3.8, 4) is 0 Å². The molecule has 0 aromatic rings. The molecule has 84 valence electrons. The zero-order chi connectivity index (χ0) is 11.0. The van der Waals surface area contributed by atoms with Crippen molar-refractivity contribution in [2.45, 2.75) is 45.7 Å². The van der Waals surface area contributed by atoms with Crippen LogP contribution in [-0.2, 0) is 4.79 Å². The van der Waals surface area contributed by atoms with E-state index in [4.69, 9.17) is 5.73 Å². The summed E-state index contributed by atoms with van der Waals surface area (Å²) in [4.78, 5) is 11.3. The second kappa shape index (κ2) is 7.76. The van der Waals surface area contributed by atoms with Crippen LogP contribution >= 0.6 is 0 Å². The van der Waals surface area contributed by atoms with E-state index in [1.807, 2.05) is 6.92 Å². The Labute approximate surface area is 86.6 Å². The first-order chi connectivity index (χ1) is 6.63. The van der Waals surface area contributed by atoms with Crippen molar-refractivity contribution >= 4 is 5.91 Å². The van der Waals surface area contributed by atoms with Crippen LogP contribution in [-0.4, -0.2) is 31.1 Å². The number of hydrogen-bond acceptors (Lipinski definition) is 3. The Bertz CT molecular complexity index is 161. The molecule has 0 spiro atoms. The van der Waals surface area contributed by atoms with Crippen LogP contribution in [0.1, 0.15) is 33.6 Å². The fourth-order valence-electron chi connectivity index (χ4n) is 1.22. The SMILES string of the molecule is CCNC(=O)CC(CN)NC(C)CC. The van der Waals surface area contributed by atoms with E-state index in [-0.39, 0.29) is 11.9 Å². The van der Waals surface area contributed by atoms with Gasteiger partial charge in [0.2, 0.25) is 5.91 Å². The summed E-state index contributed by atoms with van der Waals surface area (Å²) in [6, 6.07) is 0.509. The molecule has 0 aromatic heterocycles. The quantitative estimate of drug-likeness (QED) is 0.552. The molecule has 1 amide bonds. The van der Waals surface area contributed by atoms with Gasteiger partial charge in [0, 0.05) is 31.6 Å². The fraction of sp³-hybridized carbons (Fsp3) is 0.900. The van der Waals surface area contributed by atoms with Crippen molar-refractivity contribution in [3.63, 3.8) is 0 Å². The predicted molar refractivity (Wildman–Crippen MR) is 59.0 cm³/mol. The highest BCUT2D eigenvalue weighted by Gasteiger charge is 2.12. The van der Waals surface area contributed by atoms with E-state index >= 15 is 0 Å². The molecule has 4 N–H and O–H groups in total. The Morgan fingerprint density at radius 2 is 2.07 bits per heavy atom. The first-order valence-corrected chi connectivity index (χ1v) is 5.36. The van der Waals surface area contributed by atoms with Gasteiger partial charge >= 0.3 is 0 Å². The summed E-state index contributed by atoms with van der Waals surface area (Å²) in [7, 11) is 0. The summed E-state index contributed by atoms with van der Waals surface area (Å²) in [5, 5.41) is 6.09. The normalized spacial score (nSPS) is 14.9. The van der Waals surface area contributed by atoms with Gasteiger partial charge in [-0.25, -0.2) is 0 Å². The van der Waals surface area contributed by atoms with Gasteiger partial charge < -0.3 is 16.4 Å². The highest BCUT2D eigenvalue weighted by atomic mass is 16.1. The van der Waals surface area contributed by atoms with Crippen LogP contribution in [0.5, 0.6) is 0 Å². The Morgan fingerprint density at radius 1 is 1.43 bits per heavy atom. The van der Waals surface area contributed by atoms with E-state index in [9.17, 15) is 4.79 Å². The van der Waals surface area contributed by atoms with Crippen LogP contribution in [0.4, 0.5) is 0 Å². The molecule has 0 saturated heterocycles. The third kappa shape index (κ3) is 5.94. The first-order valence-electron chi connectivity index (χ1n) is 5.36. The third-order valence-corrected chi connectivity index (χ3v) is 2.22. The lowest BCUT2D eigenvalue weighted by Crippen LogP contribution is -2.44. The fourth-order valence-corrected chi connectivity index (χ4v) is 1.22. The van der Waals surface area contributed by atoms with Gasteiger partial charge in [-0.15, -0.1) is 0 Å². The summed E-state index contributed by atoms with van der Waals surface area (Å²) in [6.45, 7) is 7.30. The number of nitrogens with two attached hydrogens (primary N) is 1. The second-order valence-corrected chi connectivity index (χ2v) is 3.57. The van der Waals surface area contributed by atoms with Crippen LogP contribution in [0.3, 0.4) is 0 Å². The second-order valence-electron chi connectivity index (χ2n) is 3.57. The maximum absolute atomic E-state index is 11.3. The molecule has 14 heavy (non-hydrogen) atoms. The molecule has 0 aliphatic rings. The third-order valence-electron chi connectivity index (χ3n) is 2.22. The minimum absolute atomic E-state index is 0.0683. The van der Waals surface area contributed by atoms with Crippen molar-refractivity contribution in [1.82, 2.24) is 10.6 Å². The molecule has 2 unspecified atom stereocenters. The lowest BCUT2D eigenvalue weighted by molar-refractivity contribution is -0.121. The van der Waals surface area contributed by atoms with Crippen LogP contribution in [0, 0.1) is 0 Å². The van der Waals surface area contributed by atoms with Crippen molar-refractivity contribution in [1.29, 1.82) is 0 Å². The predicted octanol–water partition coefficient (Wildman–Crippen LogP) is 0.228. The molecule has 0 heterocycles. The number of amides is 1. The maximum atomic E-state index is 11.3. The lowest BCUT2D eigenvalue weighted by Gasteiger charge is -2.20. The largest absolute Gasteiger partial charge is 0.356 e. The maximum Gasteiger partial charge on any atom is 0.221 e. The van der Waals surface area contributed by atoms with Gasteiger partial charge in [0.05, 0.1) is 0 Å². The molecule has 0 aliphatic carbocycles.